The standard InChI is InChI=1S/C23H24N4O4S/c1-4-27-22(19-13-15-9-8-12-18(29-3)21(15)31-19)25-26-23(27)32-14-20(28)24-16-10-6-7-11-17(16)30-5-2/h6-13H,4-5,14H2,1-3H3,(H,24,28). The quantitative estimate of drug-likeness (QED) is 0.363. The van der Waals surface area contributed by atoms with Gasteiger partial charge < -0.3 is 19.2 Å². The lowest BCUT2D eigenvalue weighted by atomic mass is 10.2. The molecule has 2 heterocycles. The third-order valence-electron chi connectivity index (χ3n) is 4.77. The highest BCUT2D eigenvalue weighted by Gasteiger charge is 2.19. The minimum Gasteiger partial charge on any atom is -0.493 e. The maximum Gasteiger partial charge on any atom is 0.234 e. The van der Waals surface area contributed by atoms with Crippen LogP contribution in [-0.2, 0) is 11.3 Å². The molecule has 0 aliphatic heterocycles. The lowest BCUT2D eigenvalue weighted by Gasteiger charge is -2.11. The number of nitrogens with zero attached hydrogens (tertiary/aromatic N) is 3. The topological polar surface area (TPSA) is 91.4 Å². The van der Waals surface area contributed by atoms with Crippen molar-refractivity contribution < 1.29 is 18.7 Å². The van der Waals surface area contributed by atoms with Crippen LogP contribution >= 0.6 is 11.8 Å². The molecule has 0 radical (unpaired) electrons. The number of anilines is 1. The zero-order chi connectivity index (χ0) is 22.5. The number of hydrogen-bond acceptors (Lipinski definition) is 7. The molecule has 0 spiro atoms. The highest BCUT2D eigenvalue weighted by atomic mass is 32.2. The summed E-state index contributed by atoms with van der Waals surface area (Å²) >= 11 is 1.32. The fourth-order valence-corrected chi connectivity index (χ4v) is 4.14. The van der Waals surface area contributed by atoms with Gasteiger partial charge in [-0.2, -0.15) is 0 Å². The van der Waals surface area contributed by atoms with Crippen LogP contribution in [0.4, 0.5) is 5.69 Å². The van der Waals surface area contributed by atoms with Crippen LogP contribution in [0.25, 0.3) is 22.6 Å². The Balaban J connectivity index is 1.50. The van der Waals surface area contributed by atoms with Crippen molar-refractivity contribution in [2.24, 2.45) is 0 Å². The van der Waals surface area contributed by atoms with Crippen LogP contribution in [0.2, 0.25) is 0 Å². The first-order valence-electron chi connectivity index (χ1n) is 10.3. The molecule has 2 aromatic heterocycles. The zero-order valence-electron chi connectivity index (χ0n) is 18.1. The Kier molecular flexibility index (Phi) is 6.65. The van der Waals surface area contributed by atoms with Gasteiger partial charge in [-0.25, -0.2) is 0 Å². The summed E-state index contributed by atoms with van der Waals surface area (Å²) in [6.07, 6.45) is 0. The largest absolute Gasteiger partial charge is 0.493 e. The molecular formula is C23H24N4O4S. The molecule has 0 atom stereocenters. The molecule has 1 N–H and O–H groups in total. The molecule has 2 aromatic carbocycles. The number of aromatic nitrogens is 3. The van der Waals surface area contributed by atoms with E-state index in [4.69, 9.17) is 13.9 Å². The van der Waals surface area contributed by atoms with E-state index < -0.39 is 0 Å². The van der Waals surface area contributed by atoms with Crippen molar-refractivity contribution in [1.82, 2.24) is 14.8 Å². The zero-order valence-corrected chi connectivity index (χ0v) is 18.9. The van der Waals surface area contributed by atoms with E-state index in [1.54, 1.807) is 7.11 Å². The fraction of sp³-hybridized carbons (Fsp3) is 0.261. The smallest absolute Gasteiger partial charge is 0.234 e. The molecule has 0 saturated carbocycles. The number of ether oxygens (including phenoxy) is 2. The maximum atomic E-state index is 12.5. The van der Waals surface area contributed by atoms with Gasteiger partial charge in [-0.3, -0.25) is 9.36 Å². The number of nitrogens with one attached hydrogen (secondary N) is 1. The van der Waals surface area contributed by atoms with Crippen molar-refractivity contribution >= 4 is 34.3 Å². The van der Waals surface area contributed by atoms with Gasteiger partial charge in [0.2, 0.25) is 11.7 Å². The third kappa shape index (κ3) is 4.43. The van der Waals surface area contributed by atoms with E-state index in [-0.39, 0.29) is 11.7 Å². The van der Waals surface area contributed by atoms with Crippen molar-refractivity contribution in [3.63, 3.8) is 0 Å². The number of para-hydroxylation sites is 3. The summed E-state index contributed by atoms with van der Waals surface area (Å²) in [4.78, 5) is 12.5. The van der Waals surface area contributed by atoms with Crippen molar-refractivity contribution in [2.45, 2.75) is 25.5 Å². The summed E-state index contributed by atoms with van der Waals surface area (Å²) in [7, 11) is 1.61. The summed E-state index contributed by atoms with van der Waals surface area (Å²) in [5.74, 6) is 2.55. The van der Waals surface area contributed by atoms with Crippen molar-refractivity contribution in [1.29, 1.82) is 0 Å². The van der Waals surface area contributed by atoms with Gasteiger partial charge in [-0.05, 0) is 38.1 Å². The number of hydrogen-bond donors (Lipinski definition) is 1. The van der Waals surface area contributed by atoms with Gasteiger partial charge in [0, 0.05) is 11.9 Å². The monoisotopic (exact) mass is 452 g/mol. The SMILES string of the molecule is CCOc1ccccc1NC(=O)CSc1nnc(-c2cc3cccc(OC)c3o2)n1CC. The van der Waals surface area contributed by atoms with Crippen LogP contribution in [0.3, 0.4) is 0 Å². The van der Waals surface area contributed by atoms with Gasteiger partial charge in [0.15, 0.2) is 22.2 Å². The Morgan fingerprint density at radius 2 is 1.94 bits per heavy atom. The van der Waals surface area contributed by atoms with E-state index in [1.165, 1.54) is 11.8 Å². The second-order valence-corrected chi connectivity index (χ2v) is 7.75. The lowest BCUT2D eigenvalue weighted by molar-refractivity contribution is -0.113. The molecule has 8 nitrogen and oxygen atoms in total. The molecule has 0 bridgehead atoms. The summed E-state index contributed by atoms with van der Waals surface area (Å²) in [6, 6.07) is 15.0. The maximum absolute atomic E-state index is 12.5. The average Bonchev–Trinajstić information content (AvgIpc) is 3.42. The van der Waals surface area contributed by atoms with Gasteiger partial charge in [0.25, 0.3) is 0 Å². The number of fused-ring (bicyclic) bond motifs is 1. The highest BCUT2D eigenvalue weighted by Crippen LogP contribution is 2.34. The first-order valence-corrected chi connectivity index (χ1v) is 11.3. The fourth-order valence-electron chi connectivity index (χ4n) is 3.34. The molecule has 0 aliphatic carbocycles. The number of amides is 1. The van der Waals surface area contributed by atoms with E-state index in [9.17, 15) is 4.79 Å². The number of benzene rings is 2. The number of carbonyl (C=O) groups excluding carboxylic acids is 1. The average molecular weight is 453 g/mol. The van der Waals surface area contributed by atoms with Crippen molar-refractivity contribution in [3.05, 3.63) is 48.5 Å². The Labute approximate surface area is 189 Å². The molecule has 0 fully saturated rings. The molecule has 0 unspecified atom stereocenters. The first kappa shape index (κ1) is 21.8. The van der Waals surface area contributed by atoms with Crippen LogP contribution in [0, 0.1) is 0 Å². The van der Waals surface area contributed by atoms with Gasteiger partial charge in [-0.1, -0.05) is 36.0 Å². The van der Waals surface area contributed by atoms with Crippen LogP contribution in [0.15, 0.2) is 58.1 Å². The lowest BCUT2D eigenvalue weighted by Crippen LogP contribution is -2.15. The second kappa shape index (κ2) is 9.78. The normalized spacial score (nSPS) is 11.0. The number of rotatable bonds is 9. The molecule has 0 saturated heterocycles. The first-order chi connectivity index (χ1) is 15.6. The molecule has 32 heavy (non-hydrogen) atoms. The molecule has 166 valence electrons. The third-order valence-corrected chi connectivity index (χ3v) is 5.74. The molecule has 9 heteroatoms. The number of carbonyl (C=O) groups is 1. The van der Waals surface area contributed by atoms with Gasteiger partial charge >= 0.3 is 0 Å². The number of furan rings is 1. The van der Waals surface area contributed by atoms with Crippen molar-refractivity contribution in [2.75, 3.05) is 24.8 Å². The number of methoxy groups -OCH3 is 1. The molecular weight excluding hydrogens is 428 g/mol. The Hall–Kier alpha value is -3.46. The summed E-state index contributed by atoms with van der Waals surface area (Å²) in [6.45, 7) is 5.06. The predicted molar refractivity (Wildman–Crippen MR) is 124 cm³/mol. The number of thioether (sulfide) groups is 1. The second-order valence-electron chi connectivity index (χ2n) is 6.81. The summed E-state index contributed by atoms with van der Waals surface area (Å²) in [5, 5.41) is 13.1. The highest BCUT2D eigenvalue weighted by molar-refractivity contribution is 7.99. The Morgan fingerprint density at radius 3 is 2.72 bits per heavy atom. The minimum absolute atomic E-state index is 0.150. The van der Waals surface area contributed by atoms with E-state index in [0.29, 0.717) is 52.7 Å². The molecule has 1 amide bonds. The van der Waals surface area contributed by atoms with E-state index >= 15 is 0 Å². The summed E-state index contributed by atoms with van der Waals surface area (Å²) in [5.41, 5.74) is 1.31. The van der Waals surface area contributed by atoms with Gasteiger partial charge in [-0.15, -0.1) is 10.2 Å². The minimum atomic E-state index is -0.150. The van der Waals surface area contributed by atoms with Crippen LogP contribution in [0.1, 0.15) is 13.8 Å². The molecule has 0 aliphatic rings. The van der Waals surface area contributed by atoms with E-state index in [1.807, 2.05) is 66.9 Å². The Morgan fingerprint density at radius 1 is 1.12 bits per heavy atom. The Bertz CT molecular complexity index is 1230. The van der Waals surface area contributed by atoms with Crippen LogP contribution in [0.5, 0.6) is 11.5 Å². The molecule has 4 aromatic rings. The summed E-state index contributed by atoms with van der Waals surface area (Å²) < 4.78 is 18.9. The van der Waals surface area contributed by atoms with E-state index in [0.717, 1.165) is 5.39 Å². The molecule has 4 rings (SSSR count). The van der Waals surface area contributed by atoms with Crippen LogP contribution < -0.4 is 14.8 Å². The van der Waals surface area contributed by atoms with Gasteiger partial charge in [0.05, 0.1) is 25.2 Å². The van der Waals surface area contributed by atoms with Crippen molar-refractivity contribution in [3.8, 4) is 23.1 Å². The van der Waals surface area contributed by atoms with E-state index in [2.05, 4.69) is 15.5 Å². The predicted octanol–water partition coefficient (Wildman–Crippen LogP) is 4.85. The van der Waals surface area contributed by atoms with Crippen LogP contribution in [-0.4, -0.2) is 40.1 Å². The van der Waals surface area contributed by atoms with Gasteiger partial charge in [0.1, 0.15) is 5.75 Å².